The van der Waals surface area contributed by atoms with Crippen molar-refractivity contribution in [1.29, 1.82) is 0 Å². The normalized spacial score (nSPS) is 26.3. The molecule has 0 aromatic rings. The van der Waals surface area contributed by atoms with Gasteiger partial charge in [-0.15, -0.1) is 0 Å². The van der Waals surface area contributed by atoms with Gasteiger partial charge in [-0.2, -0.15) is 0 Å². The molecule has 92 heavy (non-hydrogen) atoms. The predicted molar refractivity (Wildman–Crippen MR) is 364 cm³/mol. The zero-order valence-corrected chi connectivity index (χ0v) is 63.0. The Morgan fingerprint density at radius 1 is 0.533 bits per heavy atom. The number of hydrogen-bond donors (Lipinski definition) is 1. The number of nitrogens with one attached hydrogen (secondary N) is 1. The van der Waals surface area contributed by atoms with Gasteiger partial charge >= 0.3 is 0 Å². The molecule has 21 nitrogen and oxygen atoms in total. The molecule has 1 saturated heterocycles. The third-order valence-corrected chi connectivity index (χ3v) is 23.6. The molecule has 0 aromatic carbocycles. The van der Waals surface area contributed by atoms with E-state index in [4.69, 9.17) is 4.43 Å². The van der Waals surface area contributed by atoms with Gasteiger partial charge in [0.2, 0.25) is 41.4 Å². The van der Waals surface area contributed by atoms with E-state index in [9.17, 15) is 38.4 Å². The van der Waals surface area contributed by atoms with Crippen molar-refractivity contribution in [2.75, 3.05) is 49.3 Å². The third-order valence-electron chi connectivity index (χ3n) is 19.1. The maximum Gasteiger partial charge on any atom is 0.270 e. The van der Waals surface area contributed by atoms with Gasteiger partial charge in [-0.25, -0.2) is 0 Å². The standard InChI is InChI=1S/C70H124N8O13Si/c1-30-50-38-58(82)60(61(46(14)31-32-79)91-92(28,29)70(18,19)20)78(27)69(90)59(45(12)13)77(26)68(89)55(36-43(8)9)76(25)67(88)54(35-42(6)7)75(24)63(84)48(16)71-62(83)47(15)37-56(80)52(33-40(2)3)74(23)66(87)51(44(10)11)39-57(81)53(34-41(4)5)73(22)64(85)49(17)72(21)65(50)86/h32,40-48,50-55,59-61H,17,30-31,33-39H2,1-16,18-29H3,(H,71,83)/t46-,47+,48+,50+,51-,52+,53+,54-,55-,59-,60+,61-/m1/s1. The number of carbonyl (C=O) groups is 12. The summed E-state index contributed by atoms with van der Waals surface area (Å²) in [4.78, 5) is 185. The van der Waals surface area contributed by atoms with Crippen molar-refractivity contribution in [3.05, 3.63) is 12.3 Å². The molecule has 1 N–H and O–H groups in total. The maximum atomic E-state index is 15.7. The number of likely N-dealkylation sites (N-methyl/N-ethyl adjacent to an activating group) is 7. The highest BCUT2D eigenvalue weighted by atomic mass is 28.4. The summed E-state index contributed by atoms with van der Waals surface area (Å²) in [5.41, 5.74) is -0.289. The number of hydrogen-bond acceptors (Lipinski definition) is 13. The monoisotopic (exact) mass is 1310 g/mol. The molecule has 0 saturated carbocycles. The number of aldehydes is 1. The van der Waals surface area contributed by atoms with Gasteiger partial charge in [-0.3, -0.25) is 52.7 Å². The van der Waals surface area contributed by atoms with Crippen LogP contribution in [0, 0.1) is 59.2 Å². The fourth-order valence-electron chi connectivity index (χ4n) is 12.0. The molecule has 526 valence electrons. The Labute approximate surface area is 555 Å². The summed E-state index contributed by atoms with van der Waals surface area (Å²) < 4.78 is 7.14. The topological polar surface area (TPSA) is 249 Å². The van der Waals surface area contributed by atoms with Gasteiger partial charge in [-0.05, 0) is 98.6 Å². The van der Waals surface area contributed by atoms with Crippen molar-refractivity contribution in [1.82, 2.24) is 39.6 Å². The van der Waals surface area contributed by atoms with E-state index in [0.29, 0.717) is 0 Å². The molecule has 8 amide bonds. The van der Waals surface area contributed by atoms with Crippen LogP contribution in [-0.2, 0) is 62.0 Å². The van der Waals surface area contributed by atoms with E-state index >= 15 is 19.2 Å². The van der Waals surface area contributed by atoms with Crippen molar-refractivity contribution in [2.45, 2.75) is 256 Å². The Hall–Kier alpha value is -5.64. The lowest BCUT2D eigenvalue weighted by atomic mass is 9.84. The average molecular weight is 1310 g/mol. The van der Waals surface area contributed by atoms with Gasteiger partial charge in [-0.1, -0.05) is 131 Å². The lowest BCUT2D eigenvalue weighted by molar-refractivity contribution is -0.157. The first kappa shape index (κ1) is 84.4. The van der Waals surface area contributed by atoms with Crippen LogP contribution in [0.15, 0.2) is 12.3 Å². The zero-order valence-electron chi connectivity index (χ0n) is 62.0. The fourth-order valence-corrected chi connectivity index (χ4v) is 13.4. The van der Waals surface area contributed by atoms with Crippen molar-refractivity contribution in [3.63, 3.8) is 0 Å². The second-order valence-electron chi connectivity index (χ2n) is 30.5. The van der Waals surface area contributed by atoms with Crippen molar-refractivity contribution in [2.24, 2.45) is 59.2 Å². The van der Waals surface area contributed by atoms with Crippen LogP contribution in [0.25, 0.3) is 0 Å². The Morgan fingerprint density at radius 2 is 0.946 bits per heavy atom. The van der Waals surface area contributed by atoms with Crippen LogP contribution in [0.2, 0.25) is 18.1 Å². The van der Waals surface area contributed by atoms with Gasteiger partial charge in [0, 0.05) is 92.8 Å². The molecular formula is C70H124N8O13Si. The summed E-state index contributed by atoms with van der Waals surface area (Å²) in [6.07, 6.45) is -0.646. The molecule has 1 aliphatic rings. The Balaban J connectivity index is 4.59. The minimum atomic E-state index is -2.87. The number of nitrogens with zero attached hydrogens (tertiary/aromatic N) is 7. The van der Waals surface area contributed by atoms with E-state index in [1.807, 2.05) is 89.3 Å². The van der Waals surface area contributed by atoms with E-state index in [1.54, 1.807) is 48.5 Å². The van der Waals surface area contributed by atoms with Crippen LogP contribution in [-0.4, -0.2) is 211 Å². The van der Waals surface area contributed by atoms with E-state index in [-0.39, 0.29) is 80.7 Å². The summed E-state index contributed by atoms with van der Waals surface area (Å²) in [6, 6.07) is -8.24. The largest absolute Gasteiger partial charge is 0.411 e. The van der Waals surface area contributed by atoms with E-state index in [2.05, 4.69) is 11.9 Å². The number of rotatable bonds is 17. The SMILES string of the molecule is C=C1C(=O)N(C)[C@@H](CC(C)C)C(=O)C[C@H](C(C)C)C(=O)N(C)[C@@H](CC(C)C)C(=O)C[C@H](C)C(=O)N[C@@H](C)C(=O)N(C)[C@H](CC(C)C)C(=O)N(C)[C@H](CC(C)C)C(=O)N(C)[C@H](C(C)C)C(=O)N(C)[C@H]([C@H](O[Si](C)(C)C(C)(C)C)[C@H](C)CC=O)C(=O)C[C@H](CC)C(=O)N1C. The summed E-state index contributed by atoms with van der Waals surface area (Å²) >= 11 is 0. The molecule has 22 heteroatoms. The van der Waals surface area contributed by atoms with E-state index in [1.165, 1.54) is 85.7 Å². The Kier molecular flexibility index (Phi) is 33.3. The summed E-state index contributed by atoms with van der Waals surface area (Å²) in [6.45, 7) is 42.9. The van der Waals surface area contributed by atoms with Crippen molar-refractivity contribution < 1.29 is 62.0 Å². The lowest BCUT2D eigenvalue weighted by Gasteiger charge is -2.46. The van der Waals surface area contributed by atoms with Crippen molar-refractivity contribution in [3.8, 4) is 0 Å². The van der Waals surface area contributed by atoms with Crippen LogP contribution in [0.3, 0.4) is 0 Å². The highest BCUT2D eigenvalue weighted by Gasteiger charge is 2.49. The van der Waals surface area contributed by atoms with Gasteiger partial charge in [0.1, 0.15) is 42.2 Å². The minimum absolute atomic E-state index is 0.0560. The summed E-state index contributed by atoms with van der Waals surface area (Å²) in [5, 5.41) is 2.33. The molecule has 0 bridgehead atoms. The average Bonchev–Trinajstić information content (AvgIpc) is 0.796. The first-order valence-electron chi connectivity index (χ1n) is 33.6. The second kappa shape index (κ2) is 36.3. The van der Waals surface area contributed by atoms with E-state index < -0.39 is 168 Å². The van der Waals surface area contributed by atoms with Crippen molar-refractivity contribution >= 4 is 79.2 Å². The maximum absolute atomic E-state index is 15.7. The molecular weight excluding hydrogens is 1190 g/mol. The first-order valence-corrected chi connectivity index (χ1v) is 36.6. The molecule has 0 aromatic heterocycles. The number of carbonyl (C=O) groups excluding carboxylic acids is 12. The molecule has 0 aliphatic carbocycles. The molecule has 0 radical (unpaired) electrons. The molecule has 12 atom stereocenters. The third kappa shape index (κ3) is 22.5. The summed E-state index contributed by atoms with van der Waals surface area (Å²) in [5.74, 6) is -11.5. The first-order chi connectivity index (χ1) is 42.1. The van der Waals surface area contributed by atoms with Crippen LogP contribution in [0.1, 0.15) is 189 Å². The highest BCUT2D eigenvalue weighted by molar-refractivity contribution is 6.74. The minimum Gasteiger partial charge on any atom is -0.411 e. The number of ketones is 3. The Morgan fingerprint density at radius 3 is 1.37 bits per heavy atom. The van der Waals surface area contributed by atoms with Gasteiger partial charge in [0.25, 0.3) is 5.91 Å². The van der Waals surface area contributed by atoms with Gasteiger partial charge < -0.3 is 48.8 Å². The van der Waals surface area contributed by atoms with Crippen LogP contribution < -0.4 is 5.32 Å². The molecule has 1 fully saturated rings. The number of amides is 8. The Bertz CT molecular complexity index is 2600. The van der Waals surface area contributed by atoms with Crippen LogP contribution in [0.5, 0.6) is 0 Å². The molecule has 1 aliphatic heterocycles. The molecule has 0 unspecified atom stereocenters. The highest BCUT2D eigenvalue weighted by Crippen LogP contribution is 2.40. The van der Waals surface area contributed by atoms with Gasteiger partial charge in [0.05, 0.1) is 18.2 Å². The van der Waals surface area contributed by atoms with Gasteiger partial charge in [0.15, 0.2) is 25.7 Å². The number of Topliss-reactive ketones (excluding diaryl/α,β-unsaturated/α-hetero) is 3. The lowest BCUT2D eigenvalue weighted by Crippen LogP contribution is -2.63. The quantitative estimate of drug-likeness (QED) is 0.0814. The molecule has 1 rings (SSSR count). The summed E-state index contributed by atoms with van der Waals surface area (Å²) in [7, 11) is 7.34. The molecule has 1 heterocycles. The second-order valence-corrected chi connectivity index (χ2v) is 35.3. The zero-order chi connectivity index (χ0) is 71.8. The fraction of sp³-hybridized carbons (Fsp3) is 0.800. The molecule has 0 spiro atoms. The van der Waals surface area contributed by atoms with Crippen LogP contribution >= 0.6 is 0 Å². The van der Waals surface area contributed by atoms with E-state index in [0.717, 1.165) is 11.2 Å². The smallest absolute Gasteiger partial charge is 0.270 e. The van der Waals surface area contributed by atoms with Crippen LogP contribution in [0.4, 0.5) is 0 Å². The predicted octanol–water partition coefficient (Wildman–Crippen LogP) is 8.71.